The Morgan fingerprint density at radius 1 is 1.19 bits per heavy atom. The van der Waals surface area contributed by atoms with Gasteiger partial charge >= 0.3 is 0 Å². The lowest BCUT2D eigenvalue weighted by atomic mass is 10.1. The van der Waals surface area contributed by atoms with Crippen molar-refractivity contribution in [2.24, 2.45) is 5.73 Å². The number of aromatic nitrogens is 1. The quantitative estimate of drug-likeness (QED) is 0.732. The summed E-state index contributed by atoms with van der Waals surface area (Å²) >= 11 is 0. The summed E-state index contributed by atoms with van der Waals surface area (Å²) in [6.45, 7) is 3.52. The molecular formula is C20H24ClN3O2. The number of para-hydroxylation sites is 1. The smallest absolute Gasteiger partial charge is 0.253 e. The molecule has 138 valence electrons. The number of hydrogen-bond donors (Lipinski definition) is 2. The van der Waals surface area contributed by atoms with E-state index < -0.39 is 6.10 Å². The molecule has 3 aromatic rings. The van der Waals surface area contributed by atoms with Crippen LogP contribution in [0.25, 0.3) is 21.8 Å². The number of fused-ring (bicyclic) bond motifs is 3. The van der Waals surface area contributed by atoms with Crippen LogP contribution in [0.1, 0.15) is 19.8 Å². The molecule has 0 bridgehead atoms. The highest BCUT2D eigenvalue weighted by atomic mass is 35.5. The minimum Gasteiger partial charge on any atom is -0.364 e. The van der Waals surface area contributed by atoms with Crippen molar-refractivity contribution in [1.29, 1.82) is 0 Å². The second kappa shape index (κ2) is 7.66. The summed E-state index contributed by atoms with van der Waals surface area (Å²) in [5.41, 5.74) is 8.82. The number of hydrogen-bond acceptors (Lipinski definition) is 3. The lowest BCUT2D eigenvalue weighted by molar-refractivity contribution is -0.126. The van der Waals surface area contributed by atoms with Crippen molar-refractivity contribution in [3.05, 3.63) is 42.5 Å². The average molecular weight is 374 g/mol. The molecule has 2 aromatic carbocycles. The van der Waals surface area contributed by atoms with E-state index in [-0.39, 0.29) is 24.4 Å². The molecule has 26 heavy (non-hydrogen) atoms. The number of ether oxygens (including phenoxy) is 1. The summed E-state index contributed by atoms with van der Waals surface area (Å²) in [5.74, 6) is -0.0884. The molecule has 1 aliphatic rings. The van der Waals surface area contributed by atoms with E-state index in [0.717, 1.165) is 30.5 Å². The van der Waals surface area contributed by atoms with E-state index in [9.17, 15) is 4.79 Å². The third-order valence-electron chi connectivity index (χ3n) is 5.02. The molecule has 0 spiro atoms. The summed E-state index contributed by atoms with van der Waals surface area (Å²) in [5, 5.41) is 5.36. The molecule has 2 heterocycles. The zero-order chi connectivity index (χ0) is 17.4. The maximum Gasteiger partial charge on any atom is 0.253 e. The van der Waals surface area contributed by atoms with E-state index in [2.05, 4.69) is 47.1 Å². The lowest BCUT2D eigenvalue weighted by Crippen LogP contribution is -2.29. The SMILES string of the molecule is CCn1c2ccccc2c2cc(NC(=O)[C@@H]3CC[C@H](CN)O3)ccc21.Cl. The first kappa shape index (κ1) is 18.7. The number of carbonyl (C=O) groups excluding carboxylic acids is 1. The molecule has 2 atom stereocenters. The van der Waals surface area contributed by atoms with E-state index in [4.69, 9.17) is 10.5 Å². The Hall–Kier alpha value is -2.08. The monoisotopic (exact) mass is 373 g/mol. The fraction of sp³-hybridized carbons (Fsp3) is 0.350. The van der Waals surface area contributed by atoms with E-state index in [0.29, 0.717) is 6.54 Å². The van der Waals surface area contributed by atoms with Gasteiger partial charge in [0.25, 0.3) is 5.91 Å². The zero-order valence-electron chi connectivity index (χ0n) is 14.8. The van der Waals surface area contributed by atoms with Gasteiger partial charge in [-0.25, -0.2) is 0 Å². The highest BCUT2D eigenvalue weighted by Crippen LogP contribution is 2.31. The molecule has 0 aliphatic carbocycles. The Balaban J connectivity index is 0.00000196. The van der Waals surface area contributed by atoms with Crippen LogP contribution in [0.15, 0.2) is 42.5 Å². The van der Waals surface area contributed by atoms with Gasteiger partial charge < -0.3 is 20.4 Å². The van der Waals surface area contributed by atoms with E-state index in [1.807, 2.05) is 12.1 Å². The summed E-state index contributed by atoms with van der Waals surface area (Å²) < 4.78 is 7.98. The minimum absolute atomic E-state index is 0. The molecule has 0 radical (unpaired) electrons. The highest BCUT2D eigenvalue weighted by Gasteiger charge is 2.29. The molecule has 1 amide bonds. The standard InChI is InChI=1S/C20H23N3O2.ClH/c1-2-23-17-6-4-3-5-15(17)16-11-13(7-9-18(16)23)22-20(24)19-10-8-14(12-21)25-19;/h3-7,9,11,14,19H,2,8,10,12,21H2,1H3,(H,22,24);1H/t14-,19+;/m1./s1. The normalized spacial score (nSPS) is 19.6. The van der Waals surface area contributed by atoms with Gasteiger partial charge in [-0.2, -0.15) is 0 Å². The highest BCUT2D eigenvalue weighted by molar-refractivity contribution is 6.10. The van der Waals surface area contributed by atoms with Gasteiger partial charge in [0.2, 0.25) is 0 Å². The Labute approximate surface area is 158 Å². The number of rotatable bonds is 4. The number of nitrogens with one attached hydrogen (secondary N) is 1. The maximum absolute atomic E-state index is 12.5. The maximum atomic E-state index is 12.5. The summed E-state index contributed by atoms with van der Waals surface area (Å²) in [7, 11) is 0. The van der Waals surface area contributed by atoms with Crippen molar-refractivity contribution in [1.82, 2.24) is 4.57 Å². The topological polar surface area (TPSA) is 69.3 Å². The largest absolute Gasteiger partial charge is 0.364 e. The fourth-order valence-corrected chi connectivity index (χ4v) is 3.77. The lowest BCUT2D eigenvalue weighted by Gasteiger charge is -2.13. The van der Waals surface area contributed by atoms with Crippen LogP contribution < -0.4 is 11.1 Å². The van der Waals surface area contributed by atoms with Crippen molar-refractivity contribution in [3.63, 3.8) is 0 Å². The third-order valence-corrected chi connectivity index (χ3v) is 5.02. The first-order chi connectivity index (χ1) is 12.2. The number of benzene rings is 2. The van der Waals surface area contributed by atoms with Crippen LogP contribution in [0.5, 0.6) is 0 Å². The zero-order valence-corrected chi connectivity index (χ0v) is 15.6. The average Bonchev–Trinajstić information content (AvgIpc) is 3.24. The molecule has 3 N–H and O–H groups in total. The van der Waals surface area contributed by atoms with Gasteiger partial charge in [0.05, 0.1) is 6.10 Å². The van der Waals surface area contributed by atoms with Crippen molar-refractivity contribution in [2.75, 3.05) is 11.9 Å². The molecular weight excluding hydrogens is 350 g/mol. The fourth-order valence-electron chi connectivity index (χ4n) is 3.77. The summed E-state index contributed by atoms with van der Waals surface area (Å²) in [4.78, 5) is 12.5. The predicted molar refractivity (Wildman–Crippen MR) is 108 cm³/mol. The second-order valence-electron chi connectivity index (χ2n) is 6.54. The number of nitrogens with two attached hydrogens (primary N) is 1. The van der Waals surface area contributed by atoms with E-state index in [1.165, 1.54) is 16.4 Å². The molecule has 1 fully saturated rings. The molecule has 0 saturated carbocycles. The number of amides is 1. The van der Waals surface area contributed by atoms with Gasteiger partial charge in [-0.1, -0.05) is 18.2 Å². The van der Waals surface area contributed by atoms with Gasteiger partial charge in [-0.15, -0.1) is 12.4 Å². The summed E-state index contributed by atoms with van der Waals surface area (Å²) in [6.07, 6.45) is 1.17. The first-order valence-corrected chi connectivity index (χ1v) is 8.88. The Kier molecular flexibility index (Phi) is 5.51. The van der Waals surface area contributed by atoms with Crippen LogP contribution in [-0.4, -0.2) is 29.2 Å². The Morgan fingerprint density at radius 3 is 2.69 bits per heavy atom. The van der Waals surface area contributed by atoms with Gasteiger partial charge in [-0.05, 0) is 44.0 Å². The van der Waals surface area contributed by atoms with Crippen molar-refractivity contribution in [3.8, 4) is 0 Å². The van der Waals surface area contributed by atoms with Crippen LogP contribution in [0.3, 0.4) is 0 Å². The number of halogens is 1. The number of carbonyl (C=O) groups is 1. The number of nitrogens with zero attached hydrogens (tertiary/aromatic N) is 1. The molecule has 1 aromatic heterocycles. The van der Waals surface area contributed by atoms with Crippen molar-refractivity contribution >= 4 is 45.8 Å². The predicted octanol–water partition coefficient (Wildman–Crippen LogP) is 3.68. The molecule has 6 heteroatoms. The van der Waals surface area contributed by atoms with Gasteiger partial charge in [-0.3, -0.25) is 4.79 Å². The van der Waals surface area contributed by atoms with Crippen LogP contribution in [0, 0.1) is 0 Å². The summed E-state index contributed by atoms with van der Waals surface area (Å²) in [6, 6.07) is 14.5. The van der Waals surface area contributed by atoms with Crippen LogP contribution in [0.4, 0.5) is 5.69 Å². The second-order valence-corrected chi connectivity index (χ2v) is 6.54. The Bertz CT molecular complexity index is 937. The minimum atomic E-state index is -0.402. The van der Waals surface area contributed by atoms with Crippen LogP contribution >= 0.6 is 12.4 Å². The van der Waals surface area contributed by atoms with E-state index in [1.54, 1.807) is 0 Å². The molecule has 1 saturated heterocycles. The molecule has 1 aliphatic heterocycles. The van der Waals surface area contributed by atoms with Gasteiger partial charge in [0.1, 0.15) is 6.10 Å². The van der Waals surface area contributed by atoms with Crippen molar-refractivity contribution < 1.29 is 9.53 Å². The third kappa shape index (κ3) is 3.18. The van der Waals surface area contributed by atoms with Crippen molar-refractivity contribution in [2.45, 2.75) is 38.5 Å². The van der Waals surface area contributed by atoms with Crippen LogP contribution in [0.2, 0.25) is 0 Å². The molecule has 5 nitrogen and oxygen atoms in total. The molecule has 0 unspecified atom stereocenters. The van der Waals surface area contributed by atoms with E-state index >= 15 is 0 Å². The Morgan fingerprint density at radius 2 is 1.96 bits per heavy atom. The number of anilines is 1. The molecule has 4 rings (SSSR count). The first-order valence-electron chi connectivity index (χ1n) is 8.88. The number of aryl methyl sites for hydroxylation is 1. The van der Waals surface area contributed by atoms with Gasteiger partial charge in [0.15, 0.2) is 0 Å². The van der Waals surface area contributed by atoms with Crippen LogP contribution in [-0.2, 0) is 16.1 Å². The van der Waals surface area contributed by atoms with Gasteiger partial charge in [0, 0.05) is 40.6 Å².